The van der Waals surface area contributed by atoms with E-state index >= 15 is 0 Å². The Morgan fingerprint density at radius 2 is 1.67 bits per heavy atom. The summed E-state index contributed by atoms with van der Waals surface area (Å²) in [6, 6.07) is 2.28. The highest BCUT2D eigenvalue weighted by atomic mass is 19.1. The largest absolute Gasteiger partial charge is 0.491 e. The number of halogens is 3. The fraction of sp³-hybridized carbons (Fsp3) is 0.125. The molecule has 0 bridgehead atoms. The number of rotatable bonds is 5. The molecule has 27 heavy (non-hydrogen) atoms. The molecule has 3 aromatic rings. The molecule has 1 aromatic carbocycles. The number of non-ortho nitro benzene ring substituents is 1. The van der Waals surface area contributed by atoms with Crippen LogP contribution in [0.5, 0.6) is 23.1 Å². The van der Waals surface area contributed by atoms with E-state index in [-0.39, 0.29) is 22.7 Å². The van der Waals surface area contributed by atoms with Crippen molar-refractivity contribution in [2.45, 2.75) is 0 Å². The van der Waals surface area contributed by atoms with Crippen molar-refractivity contribution in [2.24, 2.45) is 0 Å². The molecule has 0 spiro atoms. The number of methoxy groups -OCH3 is 2. The van der Waals surface area contributed by atoms with Crippen LogP contribution in [0.3, 0.4) is 0 Å². The number of hydrogen-bond acceptors (Lipinski definition) is 7. The van der Waals surface area contributed by atoms with Gasteiger partial charge in [-0.15, -0.1) is 0 Å². The molecule has 0 amide bonds. The summed E-state index contributed by atoms with van der Waals surface area (Å²) in [6.07, 6.45) is 0.770. The van der Waals surface area contributed by atoms with Crippen LogP contribution in [0.15, 0.2) is 24.4 Å². The van der Waals surface area contributed by atoms with Crippen LogP contribution < -0.4 is 14.2 Å². The Kier molecular flexibility index (Phi) is 4.67. The standard InChI is InChI=1S/C16H10F3N3O5/c1-25-12-5-11-13(21-16(12)26-2)15(10(19)6-20-11)27-14-8(17)3-7(22(23)24)4-9(14)18/h3-6H,1-2H3. The van der Waals surface area contributed by atoms with Crippen LogP contribution in [0.4, 0.5) is 18.9 Å². The maximum absolute atomic E-state index is 14.2. The molecule has 0 saturated carbocycles. The number of nitro groups is 1. The first-order valence-electron chi connectivity index (χ1n) is 7.24. The lowest BCUT2D eigenvalue weighted by atomic mass is 10.2. The fourth-order valence-electron chi connectivity index (χ4n) is 2.27. The van der Waals surface area contributed by atoms with E-state index in [4.69, 9.17) is 14.2 Å². The maximum atomic E-state index is 14.2. The van der Waals surface area contributed by atoms with Crippen molar-refractivity contribution in [3.63, 3.8) is 0 Å². The van der Waals surface area contributed by atoms with E-state index in [2.05, 4.69) is 9.97 Å². The minimum Gasteiger partial charge on any atom is -0.491 e. The molecule has 2 heterocycles. The average molecular weight is 381 g/mol. The van der Waals surface area contributed by atoms with E-state index in [0.717, 1.165) is 6.20 Å². The molecule has 0 atom stereocenters. The van der Waals surface area contributed by atoms with Crippen LogP contribution in [0.25, 0.3) is 11.0 Å². The quantitative estimate of drug-likeness (QED) is 0.490. The van der Waals surface area contributed by atoms with Gasteiger partial charge in [-0.2, -0.15) is 0 Å². The zero-order valence-corrected chi connectivity index (χ0v) is 13.8. The molecule has 11 heteroatoms. The molecule has 2 aromatic heterocycles. The van der Waals surface area contributed by atoms with Gasteiger partial charge in [0.25, 0.3) is 11.6 Å². The van der Waals surface area contributed by atoms with Crippen molar-refractivity contribution >= 4 is 16.7 Å². The number of nitrogens with zero attached hydrogens (tertiary/aromatic N) is 3. The number of aromatic nitrogens is 2. The minimum absolute atomic E-state index is 0.0353. The molecular weight excluding hydrogens is 371 g/mol. The molecule has 0 N–H and O–H groups in total. The first-order chi connectivity index (χ1) is 12.8. The van der Waals surface area contributed by atoms with Gasteiger partial charge >= 0.3 is 0 Å². The summed E-state index contributed by atoms with van der Waals surface area (Å²) in [5.74, 6) is -5.32. The van der Waals surface area contributed by atoms with Crippen molar-refractivity contribution in [1.82, 2.24) is 9.97 Å². The molecule has 0 aliphatic heterocycles. The van der Waals surface area contributed by atoms with Gasteiger partial charge in [0.15, 0.2) is 34.7 Å². The Labute approximate surface area is 149 Å². The molecule has 0 aliphatic rings. The number of nitro benzene ring substituents is 1. The van der Waals surface area contributed by atoms with Gasteiger partial charge in [-0.25, -0.2) is 18.2 Å². The Balaban J connectivity index is 2.17. The van der Waals surface area contributed by atoms with Crippen LogP contribution in [0.1, 0.15) is 0 Å². The van der Waals surface area contributed by atoms with Crippen molar-refractivity contribution in [3.05, 3.63) is 52.0 Å². The lowest BCUT2D eigenvalue weighted by Crippen LogP contribution is -2.01. The predicted octanol–water partition coefficient (Wildman–Crippen LogP) is 3.76. The van der Waals surface area contributed by atoms with Crippen molar-refractivity contribution in [1.29, 1.82) is 0 Å². The van der Waals surface area contributed by atoms with Crippen molar-refractivity contribution in [2.75, 3.05) is 14.2 Å². The molecule has 0 radical (unpaired) electrons. The Morgan fingerprint density at radius 3 is 2.22 bits per heavy atom. The maximum Gasteiger partial charge on any atom is 0.275 e. The first kappa shape index (κ1) is 18.2. The summed E-state index contributed by atoms with van der Waals surface area (Å²) in [4.78, 5) is 17.5. The smallest absolute Gasteiger partial charge is 0.275 e. The van der Waals surface area contributed by atoms with Gasteiger partial charge in [-0.05, 0) is 0 Å². The van der Waals surface area contributed by atoms with E-state index in [9.17, 15) is 23.3 Å². The zero-order valence-electron chi connectivity index (χ0n) is 13.8. The first-order valence-corrected chi connectivity index (χ1v) is 7.24. The molecule has 0 aliphatic carbocycles. The van der Waals surface area contributed by atoms with Gasteiger partial charge in [0.1, 0.15) is 5.52 Å². The third-order valence-corrected chi connectivity index (χ3v) is 3.49. The summed E-state index contributed by atoms with van der Waals surface area (Å²) in [5.41, 5.74) is -0.904. The Morgan fingerprint density at radius 1 is 1.00 bits per heavy atom. The topological polar surface area (TPSA) is 96.6 Å². The number of hydrogen-bond donors (Lipinski definition) is 0. The summed E-state index contributed by atoms with van der Waals surface area (Å²) >= 11 is 0. The average Bonchev–Trinajstić information content (AvgIpc) is 2.64. The lowest BCUT2D eigenvalue weighted by molar-refractivity contribution is -0.385. The summed E-state index contributed by atoms with van der Waals surface area (Å²) in [5, 5.41) is 10.7. The van der Waals surface area contributed by atoms with E-state index in [1.54, 1.807) is 0 Å². The predicted molar refractivity (Wildman–Crippen MR) is 85.7 cm³/mol. The van der Waals surface area contributed by atoms with Gasteiger partial charge in [0.05, 0.1) is 43.0 Å². The van der Waals surface area contributed by atoms with Gasteiger partial charge < -0.3 is 14.2 Å². The van der Waals surface area contributed by atoms with Crippen LogP contribution >= 0.6 is 0 Å². The Hall–Kier alpha value is -3.63. The molecule has 0 saturated heterocycles. The van der Waals surface area contributed by atoms with Crippen molar-refractivity contribution in [3.8, 4) is 23.1 Å². The third kappa shape index (κ3) is 3.26. The zero-order chi connectivity index (χ0) is 19.7. The second-order valence-corrected chi connectivity index (χ2v) is 5.10. The Bertz CT molecular complexity index is 1040. The molecule has 0 unspecified atom stereocenters. The van der Waals surface area contributed by atoms with Gasteiger partial charge in [0, 0.05) is 6.07 Å². The number of ether oxygens (including phenoxy) is 3. The minimum atomic E-state index is -1.38. The molecule has 140 valence electrons. The van der Waals surface area contributed by atoms with Gasteiger partial charge in [-0.3, -0.25) is 15.1 Å². The highest BCUT2D eigenvalue weighted by Crippen LogP contribution is 2.37. The van der Waals surface area contributed by atoms with Crippen LogP contribution in [-0.2, 0) is 0 Å². The van der Waals surface area contributed by atoms with Crippen molar-refractivity contribution < 1.29 is 32.3 Å². The van der Waals surface area contributed by atoms with E-state index in [1.807, 2.05) is 0 Å². The second kappa shape index (κ2) is 6.94. The highest BCUT2D eigenvalue weighted by molar-refractivity contribution is 5.83. The van der Waals surface area contributed by atoms with E-state index < -0.39 is 39.6 Å². The van der Waals surface area contributed by atoms with Crippen LogP contribution in [0, 0.1) is 27.6 Å². The fourth-order valence-corrected chi connectivity index (χ4v) is 2.27. The highest BCUT2D eigenvalue weighted by Gasteiger charge is 2.23. The van der Waals surface area contributed by atoms with Gasteiger partial charge in [0.2, 0.25) is 0 Å². The SMILES string of the molecule is COc1cc2ncc(F)c(Oc3c(F)cc([N+](=O)[O-])cc3F)c2nc1OC. The van der Waals surface area contributed by atoms with E-state index in [0.29, 0.717) is 12.1 Å². The normalized spacial score (nSPS) is 10.7. The number of fused-ring (bicyclic) bond motifs is 1. The molecular formula is C16H10F3N3O5. The van der Waals surface area contributed by atoms with Crippen LogP contribution in [0.2, 0.25) is 0 Å². The monoisotopic (exact) mass is 381 g/mol. The summed E-state index contributed by atoms with van der Waals surface area (Å²) in [6.45, 7) is 0. The second-order valence-electron chi connectivity index (χ2n) is 5.10. The summed E-state index contributed by atoms with van der Waals surface area (Å²) < 4.78 is 57.5. The molecule has 0 fully saturated rings. The third-order valence-electron chi connectivity index (χ3n) is 3.49. The van der Waals surface area contributed by atoms with Gasteiger partial charge in [-0.1, -0.05) is 0 Å². The lowest BCUT2D eigenvalue weighted by Gasteiger charge is -2.12. The van der Waals surface area contributed by atoms with E-state index in [1.165, 1.54) is 20.3 Å². The summed E-state index contributed by atoms with van der Waals surface area (Å²) in [7, 11) is 2.65. The molecule has 3 rings (SSSR count). The number of benzene rings is 1. The van der Waals surface area contributed by atoms with Crippen LogP contribution in [-0.4, -0.2) is 29.1 Å². The molecule has 8 nitrogen and oxygen atoms in total. The number of pyridine rings is 2.